The zero-order chi connectivity index (χ0) is 17.0. The summed E-state index contributed by atoms with van der Waals surface area (Å²) < 4.78 is 0. The smallest absolute Gasteiger partial charge is 0.351 e. The summed E-state index contributed by atoms with van der Waals surface area (Å²) in [4.78, 5) is 20.9. The molecule has 0 saturated heterocycles. The van der Waals surface area contributed by atoms with Crippen molar-refractivity contribution in [3.63, 3.8) is 0 Å². The van der Waals surface area contributed by atoms with Gasteiger partial charge in [0.15, 0.2) is 0 Å². The molecule has 9 heteroatoms. The first kappa shape index (κ1) is 17.2. The summed E-state index contributed by atoms with van der Waals surface area (Å²) in [5, 5.41) is 15.2. The number of nitrogens with zero attached hydrogens (tertiary/aromatic N) is 4. The van der Waals surface area contributed by atoms with Crippen LogP contribution < -0.4 is 10.2 Å². The Labute approximate surface area is 143 Å². The molecule has 0 bridgehead atoms. The highest BCUT2D eigenvalue weighted by Crippen LogP contribution is 2.34. The van der Waals surface area contributed by atoms with Crippen LogP contribution in [0.5, 0.6) is 0 Å². The lowest BCUT2D eigenvalue weighted by atomic mass is 10.3. The molecule has 2 aromatic rings. The van der Waals surface area contributed by atoms with Gasteiger partial charge in [-0.15, -0.1) is 0 Å². The molecule has 0 radical (unpaired) electrons. The van der Waals surface area contributed by atoms with Gasteiger partial charge >= 0.3 is 5.69 Å². The van der Waals surface area contributed by atoms with Crippen molar-refractivity contribution in [2.75, 3.05) is 23.3 Å². The summed E-state index contributed by atoms with van der Waals surface area (Å²) in [6, 6.07) is 4.84. The summed E-state index contributed by atoms with van der Waals surface area (Å²) >= 11 is 11.8. The molecule has 0 aliphatic carbocycles. The molecule has 1 aromatic heterocycles. The van der Waals surface area contributed by atoms with E-state index >= 15 is 0 Å². The lowest BCUT2D eigenvalue weighted by Crippen LogP contribution is -2.24. The van der Waals surface area contributed by atoms with Gasteiger partial charge in [-0.1, -0.05) is 23.2 Å². The molecular formula is C14H15Cl2N5O2. The maximum Gasteiger partial charge on any atom is 0.353 e. The Morgan fingerprint density at radius 3 is 2.48 bits per heavy atom. The fourth-order valence-electron chi connectivity index (χ4n) is 2.09. The Bertz CT molecular complexity index is 722. The number of rotatable bonds is 6. The van der Waals surface area contributed by atoms with Gasteiger partial charge in [0.05, 0.1) is 15.0 Å². The van der Waals surface area contributed by atoms with Crippen LogP contribution in [0.25, 0.3) is 0 Å². The van der Waals surface area contributed by atoms with Crippen LogP contribution in [0.15, 0.2) is 24.5 Å². The molecule has 1 heterocycles. The second-order valence-corrected chi connectivity index (χ2v) is 5.39. The lowest BCUT2D eigenvalue weighted by molar-refractivity contribution is -0.383. The summed E-state index contributed by atoms with van der Waals surface area (Å²) in [7, 11) is 0. The molecule has 2 rings (SSSR count). The van der Waals surface area contributed by atoms with E-state index in [1.807, 2.05) is 13.8 Å². The fraction of sp³-hybridized carbons (Fsp3) is 0.286. The minimum atomic E-state index is -0.493. The van der Waals surface area contributed by atoms with E-state index in [1.54, 1.807) is 23.1 Å². The molecule has 122 valence electrons. The topological polar surface area (TPSA) is 84.2 Å². The van der Waals surface area contributed by atoms with E-state index in [1.165, 1.54) is 6.33 Å². The number of hydrogen-bond acceptors (Lipinski definition) is 6. The van der Waals surface area contributed by atoms with Crippen LogP contribution in [0.4, 0.5) is 23.0 Å². The second kappa shape index (κ2) is 7.43. The van der Waals surface area contributed by atoms with Crippen molar-refractivity contribution in [2.24, 2.45) is 0 Å². The first-order chi connectivity index (χ1) is 11.0. The third-order valence-electron chi connectivity index (χ3n) is 3.23. The van der Waals surface area contributed by atoms with Crippen molar-refractivity contribution in [3.05, 3.63) is 44.7 Å². The molecule has 23 heavy (non-hydrogen) atoms. The van der Waals surface area contributed by atoms with Gasteiger partial charge in [-0.3, -0.25) is 10.1 Å². The standard InChI is InChI=1S/C14H15Cl2N5O2/c1-3-20(4-2)14-12(21(22)23)13(17-8-18-14)19-9-5-6-10(15)11(16)7-9/h5-8H,3-4H2,1-2H3,(H,17,18,19). The van der Waals surface area contributed by atoms with Crippen LogP contribution in [0, 0.1) is 10.1 Å². The molecule has 0 amide bonds. The highest BCUT2D eigenvalue weighted by molar-refractivity contribution is 6.42. The van der Waals surface area contributed by atoms with Crippen LogP contribution in [0.3, 0.4) is 0 Å². The minimum absolute atomic E-state index is 0.102. The first-order valence-electron chi connectivity index (χ1n) is 6.94. The molecule has 1 aromatic carbocycles. The van der Waals surface area contributed by atoms with Gasteiger partial charge in [-0.05, 0) is 32.0 Å². The van der Waals surface area contributed by atoms with Crippen molar-refractivity contribution in [1.82, 2.24) is 9.97 Å². The van der Waals surface area contributed by atoms with Crippen LogP contribution >= 0.6 is 23.2 Å². The predicted octanol–water partition coefficient (Wildman–Crippen LogP) is 4.28. The molecule has 0 aliphatic heterocycles. The average molecular weight is 356 g/mol. The maximum absolute atomic E-state index is 11.5. The van der Waals surface area contributed by atoms with Gasteiger partial charge in [0.1, 0.15) is 6.33 Å². The van der Waals surface area contributed by atoms with Crippen molar-refractivity contribution in [3.8, 4) is 0 Å². The van der Waals surface area contributed by atoms with Gasteiger partial charge in [0.25, 0.3) is 0 Å². The number of halogens is 2. The highest BCUT2D eigenvalue weighted by Gasteiger charge is 2.26. The van der Waals surface area contributed by atoms with Crippen LogP contribution in [-0.4, -0.2) is 28.0 Å². The summed E-state index contributed by atoms with van der Waals surface area (Å²) in [5.41, 5.74) is 0.369. The number of anilines is 3. The van der Waals surface area contributed by atoms with Gasteiger partial charge in [-0.25, -0.2) is 9.97 Å². The van der Waals surface area contributed by atoms with Crippen LogP contribution in [0.1, 0.15) is 13.8 Å². The first-order valence-corrected chi connectivity index (χ1v) is 7.69. The van der Waals surface area contributed by atoms with Gasteiger partial charge < -0.3 is 10.2 Å². The van der Waals surface area contributed by atoms with E-state index in [0.717, 1.165) is 0 Å². The van der Waals surface area contributed by atoms with Gasteiger partial charge in [0.2, 0.25) is 11.6 Å². The Morgan fingerprint density at radius 1 is 1.22 bits per heavy atom. The number of benzene rings is 1. The van der Waals surface area contributed by atoms with E-state index in [2.05, 4.69) is 15.3 Å². The lowest BCUT2D eigenvalue weighted by Gasteiger charge is -2.20. The number of aromatic nitrogens is 2. The van der Waals surface area contributed by atoms with Crippen LogP contribution in [-0.2, 0) is 0 Å². The largest absolute Gasteiger partial charge is 0.353 e. The number of hydrogen-bond donors (Lipinski definition) is 1. The predicted molar refractivity (Wildman–Crippen MR) is 92.0 cm³/mol. The molecule has 0 spiro atoms. The molecule has 7 nitrogen and oxygen atoms in total. The van der Waals surface area contributed by atoms with Gasteiger partial charge in [0, 0.05) is 18.8 Å². The Hall–Kier alpha value is -2.12. The van der Waals surface area contributed by atoms with Crippen LogP contribution in [0.2, 0.25) is 10.0 Å². The van der Waals surface area contributed by atoms with E-state index in [4.69, 9.17) is 23.2 Å². The molecule has 0 fully saturated rings. The average Bonchev–Trinajstić information content (AvgIpc) is 2.52. The van der Waals surface area contributed by atoms with Crippen molar-refractivity contribution in [2.45, 2.75) is 13.8 Å². The van der Waals surface area contributed by atoms with Crippen molar-refractivity contribution < 1.29 is 4.92 Å². The monoisotopic (exact) mass is 355 g/mol. The molecule has 1 N–H and O–H groups in total. The zero-order valence-corrected chi connectivity index (χ0v) is 14.1. The molecule has 0 atom stereocenters. The molecule has 0 saturated carbocycles. The third kappa shape index (κ3) is 3.80. The Morgan fingerprint density at radius 2 is 1.91 bits per heavy atom. The Balaban J connectivity index is 2.47. The Kier molecular flexibility index (Phi) is 5.57. The summed E-state index contributed by atoms with van der Waals surface area (Å²) in [6.07, 6.45) is 1.29. The van der Waals surface area contributed by atoms with Gasteiger partial charge in [-0.2, -0.15) is 0 Å². The minimum Gasteiger partial charge on any atom is -0.351 e. The zero-order valence-electron chi connectivity index (χ0n) is 12.6. The molecule has 0 unspecified atom stereocenters. The maximum atomic E-state index is 11.5. The van der Waals surface area contributed by atoms with Crippen molar-refractivity contribution >= 4 is 46.2 Å². The van der Waals surface area contributed by atoms with E-state index < -0.39 is 4.92 Å². The third-order valence-corrected chi connectivity index (χ3v) is 3.97. The highest BCUT2D eigenvalue weighted by atomic mass is 35.5. The van der Waals surface area contributed by atoms with E-state index in [9.17, 15) is 10.1 Å². The fourth-order valence-corrected chi connectivity index (χ4v) is 2.39. The van der Waals surface area contributed by atoms with E-state index in [0.29, 0.717) is 28.8 Å². The molecular weight excluding hydrogens is 341 g/mol. The summed E-state index contributed by atoms with van der Waals surface area (Å²) in [5.74, 6) is 0.378. The van der Waals surface area contributed by atoms with E-state index in [-0.39, 0.29) is 17.3 Å². The van der Waals surface area contributed by atoms with Crippen molar-refractivity contribution in [1.29, 1.82) is 0 Å². The normalized spacial score (nSPS) is 10.4. The second-order valence-electron chi connectivity index (χ2n) is 4.58. The number of nitrogens with one attached hydrogen (secondary N) is 1. The quantitative estimate of drug-likeness (QED) is 0.614. The summed E-state index contributed by atoms with van der Waals surface area (Å²) in [6.45, 7) is 5.00. The number of nitro groups is 1. The SMILES string of the molecule is CCN(CC)c1ncnc(Nc2ccc(Cl)c(Cl)c2)c1[N+](=O)[O-]. The molecule has 0 aliphatic rings.